The standard InChI is InChI=1S/C14H10Cl3FO2/c1-20-12-6-10(16)8(5-11(12)17)14(19)7-3-2-4-9(15)13(7)18/h2-6,14,19H,1H3. The summed E-state index contributed by atoms with van der Waals surface area (Å²) in [7, 11) is 1.45. The van der Waals surface area contributed by atoms with E-state index in [1.165, 1.54) is 31.4 Å². The third kappa shape index (κ3) is 2.86. The Kier molecular flexibility index (Phi) is 4.76. The molecule has 1 N–H and O–H groups in total. The molecule has 0 spiro atoms. The van der Waals surface area contributed by atoms with Crippen LogP contribution in [0.1, 0.15) is 17.2 Å². The summed E-state index contributed by atoms with van der Waals surface area (Å²) in [6, 6.07) is 7.28. The van der Waals surface area contributed by atoms with Gasteiger partial charge in [0, 0.05) is 17.2 Å². The molecule has 6 heteroatoms. The first-order valence-corrected chi connectivity index (χ1v) is 6.74. The lowest BCUT2D eigenvalue weighted by atomic mass is 10.0. The Morgan fingerprint density at radius 1 is 1.05 bits per heavy atom. The van der Waals surface area contributed by atoms with Crippen LogP contribution in [0, 0.1) is 5.82 Å². The Morgan fingerprint density at radius 3 is 2.40 bits per heavy atom. The molecule has 0 aliphatic rings. The predicted octanol–water partition coefficient (Wildman–Crippen LogP) is 4.88. The molecule has 0 heterocycles. The molecule has 1 unspecified atom stereocenters. The fourth-order valence-electron chi connectivity index (χ4n) is 1.81. The SMILES string of the molecule is COc1cc(Cl)c(C(O)c2cccc(Cl)c2F)cc1Cl. The van der Waals surface area contributed by atoms with E-state index in [2.05, 4.69) is 0 Å². The Morgan fingerprint density at radius 2 is 1.75 bits per heavy atom. The van der Waals surface area contributed by atoms with Crippen molar-refractivity contribution in [3.63, 3.8) is 0 Å². The Balaban J connectivity index is 2.51. The largest absolute Gasteiger partial charge is 0.495 e. The number of hydrogen-bond donors (Lipinski definition) is 1. The van der Waals surface area contributed by atoms with Gasteiger partial charge in [-0.25, -0.2) is 4.39 Å². The minimum atomic E-state index is -1.27. The smallest absolute Gasteiger partial charge is 0.147 e. The van der Waals surface area contributed by atoms with E-state index in [1.807, 2.05) is 0 Å². The van der Waals surface area contributed by atoms with E-state index in [0.29, 0.717) is 5.75 Å². The average molecular weight is 336 g/mol. The summed E-state index contributed by atoms with van der Waals surface area (Å²) in [5, 5.41) is 10.7. The molecule has 2 aromatic rings. The van der Waals surface area contributed by atoms with E-state index in [-0.39, 0.29) is 26.2 Å². The molecule has 0 fully saturated rings. The molecular formula is C14H10Cl3FO2. The van der Waals surface area contributed by atoms with Gasteiger partial charge >= 0.3 is 0 Å². The van der Waals surface area contributed by atoms with Gasteiger partial charge in [0.05, 0.1) is 22.2 Å². The summed E-state index contributed by atoms with van der Waals surface area (Å²) in [6.45, 7) is 0. The fourth-order valence-corrected chi connectivity index (χ4v) is 2.50. The van der Waals surface area contributed by atoms with E-state index in [1.54, 1.807) is 6.07 Å². The molecular weight excluding hydrogens is 326 g/mol. The van der Waals surface area contributed by atoms with E-state index in [9.17, 15) is 9.50 Å². The number of aliphatic hydroxyl groups is 1. The van der Waals surface area contributed by atoms with Gasteiger partial charge in [0.1, 0.15) is 17.7 Å². The highest BCUT2D eigenvalue weighted by Gasteiger charge is 2.21. The average Bonchev–Trinajstić information content (AvgIpc) is 2.43. The highest BCUT2D eigenvalue weighted by molar-refractivity contribution is 6.34. The van der Waals surface area contributed by atoms with Crippen molar-refractivity contribution in [1.29, 1.82) is 0 Å². The third-order valence-electron chi connectivity index (χ3n) is 2.84. The number of rotatable bonds is 3. The Labute approximate surface area is 130 Å². The monoisotopic (exact) mass is 334 g/mol. The number of ether oxygens (including phenoxy) is 1. The van der Waals surface area contributed by atoms with Crippen LogP contribution in [0.4, 0.5) is 4.39 Å². The summed E-state index contributed by atoms with van der Waals surface area (Å²) in [4.78, 5) is 0. The highest BCUT2D eigenvalue weighted by Crippen LogP contribution is 2.37. The summed E-state index contributed by atoms with van der Waals surface area (Å²) in [6.07, 6.45) is -1.27. The molecule has 2 aromatic carbocycles. The van der Waals surface area contributed by atoms with Crippen molar-refractivity contribution in [2.45, 2.75) is 6.10 Å². The number of aliphatic hydroxyl groups excluding tert-OH is 1. The molecule has 0 aliphatic carbocycles. The quantitative estimate of drug-likeness (QED) is 0.866. The van der Waals surface area contributed by atoms with Crippen molar-refractivity contribution >= 4 is 34.8 Å². The molecule has 0 aromatic heterocycles. The van der Waals surface area contributed by atoms with Crippen LogP contribution in [0.5, 0.6) is 5.75 Å². The molecule has 0 bridgehead atoms. The third-order valence-corrected chi connectivity index (χ3v) is 3.76. The Bertz CT molecular complexity index is 647. The second-order valence-corrected chi connectivity index (χ2v) is 5.28. The van der Waals surface area contributed by atoms with Gasteiger partial charge in [-0.05, 0) is 12.1 Å². The molecule has 106 valence electrons. The molecule has 20 heavy (non-hydrogen) atoms. The second-order valence-electron chi connectivity index (χ2n) is 4.05. The topological polar surface area (TPSA) is 29.5 Å². The van der Waals surface area contributed by atoms with Crippen LogP contribution in [0.25, 0.3) is 0 Å². The first-order chi connectivity index (χ1) is 9.45. The van der Waals surface area contributed by atoms with Gasteiger partial charge in [0.25, 0.3) is 0 Å². The predicted molar refractivity (Wildman–Crippen MR) is 78.5 cm³/mol. The van der Waals surface area contributed by atoms with Crippen molar-refractivity contribution in [3.8, 4) is 5.75 Å². The van der Waals surface area contributed by atoms with Gasteiger partial charge in [-0.1, -0.05) is 46.9 Å². The van der Waals surface area contributed by atoms with Gasteiger partial charge < -0.3 is 9.84 Å². The van der Waals surface area contributed by atoms with Crippen LogP contribution in [0.3, 0.4) is 0 Å². The van der Waals surface area contributed by atoms with Gasteiger partial charge in [-0.2, -0.15) is 0 Å². The highest BCUT2D eigenvalue weighted by atomic mass is 35.5. The van der Waals surface area contributed by atoms with Crippen molar-refractivity contribution < 1.29 is 14.2 Å². The van der Waals surface area contributed by atoms with Gasteiger partial charge in [0.2, 0.25) is 0 Å². The van der Waals surface area contributed by atoms with Crippen LogP contribution in [0.15, 0.2) is 30.3 Å². The van der Waals surface area contributed by atoms with Crippen molar-refractivity contribution in [2.75, 3.05) is 7.11 Å². The summed E-state index contributed by atoms with van der Waals surface area (Å²) in [5.41, 5.74) is 0.305. The molecule has 2 nitrogen and oxygen atoms in total. The molecule has 0 radical (unpaired) electrons. The van der Waals surface area contributed by atoms with Crippen LogP contribution in [-0.4, -0.2) is 12.2 Å². The number of hydrogen-bond acceptors (Lipinski definition) is 2. The summed E-state index contributed by atoms with van der Waals surface area (Å²) in [5.74, 6) is -0.316. The minimum Gasteiger partial charge on any atom is -0.495 e. The maximum absolute atomic E-state index is 13.9. The Hall–Kier alpha value is -1.00. The van der Waals surface area contributed by atoms with E-state index < -0.39 is 11.9 Å². The van der Waals surface area contributed by atoms with Crippen LogP contribution in [-0.2, 0) is 0 Å². The maximum atomic E-state index is 13.9. The van der Waals surface area contributed by atoms with E-state index in [4.69, 9.17) is 39.5 Å². The zero-order chi connectivity index (χ0) is 14.9. The van der Waals surface area contributed by atoms with Gasteiger partial charge in [-0.3, -0.25) is 0 Å². The first kappa shape index (κ1) is 15.4. The van der Waals surface area contributed by atoms with Gasteiger partial charge in [-0.15, -0.1) is 0 Å². The van der Waals surface area contributed by atoms with Crippen LogP contribution in [0.2, 0.25) is 15.1 Å². The van der Waals surface area contributed by atoms with Crippen molar-refractivity contribution in [2.24, 2.45) is 0 Å². The van der Waals surface area contributed by atoms with Crippen LogP contribution < -0.4 is 4.74 Å². The first-order valence-electron chi connectivity index (χ1n) is 5.60. The second kappa shape index (κ2) is 6.19. The molecule has 0 saturated carbocycles. The van der Waals surface area contributed by atoms with E-state index in [0.717, 1.165) is 0 Å². The number of halogens is 4. The van der Waals surface area contributed by atoms with Crippen molar-refractivity contribution in [1.82, 2.24) is 0 Å². The summed E-state index contributed by atoms with van der Waals surface area (Å²) < 4.78 is 18.9. The lowest BCUT2D eigenvalue weighted by Gasteiger charge is -2.16. The lowest BCUT2D eigenvalue weighted by molar-refractivity contribution is 0.215. The molecule has 0 aliphatic heterocycles. The van der Waals surface area contributed by atoms with E-state index >= 15 is 0 Å². The fraction of sp³-hybridized carbons (Fsp3) is 0.143. The van der Waals surface area contributed by atoms with Gasteiger partial charge in [0.15, 0.2) is 0 Å². The molecule has 1 atom stereocenters. The summed E-state index contributed by atoms with van der Waals surface area (Å²) >= 11 is 17.8. The van der Waals surface area contributed by atoms with Crippen LogP contribution >= 0.6 is 34.8 Å². The lowest BCUT2D eigenvalue weighted by Crippen LogP contribution is -2.04. The zero-order valence-corrected chi connectivity index (χ0v) is 12.6. The minimum absolute atomic E-state index is 0.0284. The molecule has 2 rings (SSSR count). The normalized spacial score (nSPS) is 12.3. The van der Waals surface area contributed by atoms with Crippen molar-refractivity contribution in [3.05, 3.63) is 62.3 Å². The zero-order valence-electron chi connectivity index (χ0n) is 10.3. The number of methoxy groups -OCH3 is 1. The molecule has 0 saturated heterocycles. The molecule has 0 amide bonds. The maximum Gasteiger partial charge on any atom is 0.147 e. The number of benzene rings is 2.